The largest absolute Gasteiger partial charge is 0.468 e. The van der Waals surface area contributed by atoms with Crippen molar-refractivity contribution in [3.05, 3.63) is 32.9 Å². The second kappa shape index (κ2) is 4.47. The van der Waals surface area contributed by atoms with Crippen LogP contribution in [-0.2, 0) is 14.9 Å². The van der Waals surface area contributed by atoms with E-state index in [4.69, 9.17) is 0 Å². The van der Waals surface area contributed by atoms with Gasteiger partial charge >= 0.3 is 5.97 Å². The van der Waals surface area contributed by atoms with E-state index in [0.29, 0.717) is 6.54 Å². The SMILES string of the molecule is COC(=O)CN1CC2(CC2)c2cc(I)ccc2C1=O. The van der Waals surface area contributed by atoms with Crippen LogP contribution in [0.3, 0.4) is 0 Å². The Bertz CT molecular complexity index is 566. The van der Waals surface area contributed by atoms with E-state index in [1.807, 2.05) is 12.1 Å². The molecule has 1 aromatic rings. The number of rotatable bonds is 2. The van der Waals surface area contributed by atoms with Gasteiger partial charge in [-0.05, 0) is 59.2 Å². The van der Waals surface area contributed by atoms with Gasteiger partial charge in [0.25, 0.3) is 5.91 Å². The van der Waals surface area contributed by atoms with Gasteiger partial charge in [0.05, 0.1) is 7.11 Å². The molecule has 0 bridgehead atoms. The average molecular weight is 371 g/mol. The van der Waals surface area contributed by atoms with E-state index in [2.05, 4.69) is 33.4 Å². The van der Waals surface area contributed by atoms with Crippen molar-refractivity contribution in [2.24, 2.45) is 0 Å². The molecule has 4 nitrogen and oxygen atoms in total. The molecule has 1 fully saturated rings. The van der Waals surface area contributed by atoms with Gasteiger partial charge in [-0.25, -0.2) is 0 Å². The topological polar surface area (TPSA) is 46.6 Å². The van der Waals surface area contributed by atoms with Crippen LogP contribution in [0.15, 0.2) is 18.2 Å². The van der Waals surface area contributed by atoms with Crippen molar-refractivity contribution >= 4 is 34.5 Å². The van der Waals surface area contributed by atoms with E-state index in [0.717, 1.165) is 27.5 Å². The molecule has 0 radical (unpaired) electrons. The fourth-order valence-electron chi connectivity index (χ4n) is 2.76. The molecule has 2 aliphatic rings. The minimum absolute atomic E-state index is 0.0442. The maximum atomic E-state index is 12.4. The lowest BCUT2D eigenvalue weighted by Gasteiger charge is -2.34. The van der Waals surface area contributed by atoms with Crippen molar-refractivity contribution in [2.45, 2.75) is 18.3 Å². The van der Waals surface area contributed by atoms with Gasteiger partial charge < -0.3 is 9.64 Å². The van der Waals surface area contributed by atoms with Crippen LogP contribution in [-0.4, -0.2) is 37.0 Å². The van der Waals surface area contributed by atoms with Gasteiger partial charge in [0.2, 0.25) is 0 Å². The van der Waals surface area contributed by atoms with Crippen LogP contribution in [0.5, 0.6) is 0 Å². The summed E-state index contributed by atoms with van der Waals surface area (Å²) in [5.41, 5.74) is 1.98. The van der Waals surface area contributed by atoms with Gasteiger partial charge in [0.15, 0.2) is 0 Å². The first-order chi connectivity index (χ1) is 9.05. The van der Waals surface area contributed by atoms with E-state index in [1.165, 1.54) is 7.11 Å². The highest BCUT2D eigenvalue weighted by Gasteiger charge is 2.51. The van der Waals surface area contributed by atoms with Gasteiger partial charge in [-0.15, -0.1) is 0 Å². The first-order valence-corrected chi connectivity index (χ1v) is 7.30. The Labute approximate surface area is 125 Å². The fraction of sp³-hybridized carbons (Fsp3) is 0.429. The second-order valence-electron chi connectivity index (χ2n) is 5.21. The summed E-state index contributed by atoms with van der Waals surface area (Å²) >= 11 is 2.27. The summed E-state index contributed by atoms with van der Waals surface area (Å²) in [5, 5.41) is 0. The minimum Gasteiger partial charge on any atom is -0.468 e. The fourth-order valence-corrected chi connectivity index (χ4v) is 3.25. The van der Waals surface area contributed by atoms with Crippen LogP contribution in [0.1, 0.15) is 28.8 Å². The molecule has 100 valence electrons. The van der Waals surface area contributed by atoms with Gasteiger partial charge in [-0.2, -0.15) is 0 Å². The maximum absolute atomic E-state index is 12.4. The molecule has 1 aliphatic carbocycles. The molecule has 0 saturated heterocycles. The molecule has 1 aromatic carbocycles. The summed E-state index contributed by atoms with van der Waals surface area (Å²) in [6.07, 6.45) is 2.18. The van der Waals surface area contributed by atoms with E-state index in [-0.39, 0.29) is 23.8 Å². The first kappa shape index (κ1) is 12.9. The molecule has 0 aromatic heterocycles. The molecule has 0 atom stereocenters. The first-order valence-electron chi connectivity index (χ1n) is 6.22. The summed E-state index contributed by atoms with van der Waals surface area (Å²) in [6, 6.07) is 5.92. The number of amides is 1. The van der Waals surface area contributed by atoms with Crippen LogP contribution in [0.4, 0.5) is 0 Å². The van der Waals surface area contributed by atoms with Gasteiger partial charge in [0.1, 0.15) is 6.54 Å². The highest BCUT2D eigenvalue weighted by molar-refractivity contribution is 14.1. The number of methoxy groups -OCH3 is 1. The number of carbonyl (C=O) groups is 2. The summed E-state index contributed by atoms with van der Waals surface area (Å²) in [6.45, 7) is 0.677. The highest BCUT2D eigenvalue weighted by atomic mass is 127. The number of nitrogens with zero attached hydrogens (tertiary/aromatic N) is 1. The van der Waals surface area contributed by atoms with Crippen molar-refractivity contribution in [1.29, 1.82) is 0 Å². The number of hydrogen-bond donors (Lipinski definition) is 0. The number of halogens is 1. The van der Waals surface area contributed by atoms with Crippen molar-refractivity contribution in [3.8, 4) is 0 Å². The summed E-state index contributed by atoms with van der Waals surface area (Å²) in [4.78, 5) is 25.4. The third kappa shape index (κ3) is 2.13. The third-order valence-electron chi connectivity index (χ3n) is 3.97. The number of carbonyl (C=O) groups excluding carboxylic acids is 2. The summed E-state index contributed by atoms with van der Waals surface area (Å²) in [7, 11) is 1.35. The van der Waals surface area contributed by atoms with Gasteiger partial charge in [-0.1, -0.05) is 0 Å². The van der Waals surface area contributed by atoms with E-state index < -0.39 is 0 Å². The second-order valence-corrected chi connectivity index (χ2v) is 6.45. The number of ether oxygens (including phenoxy) is 1. The number of hydrogen-bond acceptors (Lipinski definition) is 3. The van der Waals surface area contributed by atoms with Crippen LogP contribution in [0.25, 0.3) is 0 Å². The Hall–Kier alpha value is -1.11. The molecule has 1 amide bonds. The lowest BCUT2D eigenvalue weighted by molar-refractivity contribution is -0.141. The quantitative estimate of drug-likeness (QED) is 0.590. The molecular weight excluding hydrogens is 357 g/mol. The highest BCUT2D eigenvalue weighted by Crippen LogP contribution is 2.52. The van der Waals surface area contributed by atoms with E-state index in [9.17, 15) is 9.59 Å². The molecular formula is C14H14INO3. The van der Waals surface area contributed by atoms with Crippen molar-refractivity contribution in [3.63, 3.8) is 0 Å². The van der Waals surface area contributed by atoms with E-state index >= 15 is 0 Å². The third-order valence-corrected chi connectivity index (χ3v) is 4.64. The standard InChI is InChI=1S/C14H14INO3/c1-19-12(17)7-16-8-14(4-5-14)11-6-9(15)2-3-10(11)13(16)18/h2-3,6H,4-5,7-8H2,1H3. The molecule has 5 heteroatoms. The predicted molar refractivity (Wildman–Crippen MR) is 78.0 cm³/mol. The van der Waals surface area contributed by atoms with Gasteiger partial charge in [-0.3, -0.25) is 9.59 Å². The molecule has 3 rings (SSSR count). The Morgan fingerprint density at radius 3 is 2.84 bits per heavy atom. The van der Waals surface area contributed by atoms with Crippen LogP contribution in [0, 0.1) is 3.57 Å². The molecule has 1 aliphatic heterocycles. The molecule has 1 saturated carbocycles. The van der Waals surface area contributed by atoms with Gasteiger partial charge in [0, 0.05) is 21.1 Å². The molecule has 0 N–H and O–H groups in total. The zero-order chi connectivity index (χ0) is 13.6. The average Bonchev–Trinajstić information content (AvgIpc) is 3.16. The molecule has 1 spiro atoms. The number of benzene rings is 1. The van der Waals surface area contributed by atoms with Crippen LogP contribution < -0.4 is 0 Å². The normalized spacial score (nSPS) is 19.3. The zero-order valence-corrected chi connectivity index (χ0v) is 12.8. The lowest BCUT2D eigenvalue weighted by Crippen LogP contribution is -2.46. The smallest absolute Gasteiger partial charge is 0.325 e. The lowest BCUT2D eigenvalue weighted by atomic mass is 9.86. The number of esters is 1. The molecule has 1 heterocycles. The van der Waals surface area contributed by atoms with Crippen molar-refractivity contribution in [1.82, 2.24) is 4.90 Å². The Morgan fingerprint density at radius 1 is 1.47 bits per heavy atom. The van der Waals surface area contributed by atoms with E-state index in [1.54, 1.807) is 4.90 Å². The Morgan fingerprint density at radius 2 is 2.21 bits per heavy atom. The molecule has 0 unspecified atom stereocenters. The minimum atomic E-state index is -0.363. The maximum Gasteiger partial charge on any atom is 0.325 e. The van der Waals surface area contributed by atoms with Crippen LogP contribution >= 0.6 is 22.6 Å². The summed E-state index contributed by atoms with van der Waals surface area (Å²) in [5.74, 6) is -0.424. The van der Waals surface area contributed by atoms with Crippen LogP contribution in [0.2, 0.25) is 0 Å². The Balaban J connectivity index is 1.97. The van der Waals surface area contributed by atoms with Crippen molar-refractivity contribution < 1.29 is 14.3 Å². The number of fused-ring (bicyclic) bond motifs is 2. The predicted octanol–water partition coefficient (Wildman–Crippen LogP) is 1.95. The van der Waals surface area contributed by atoms with Crippen molar-refractivity contribution in [2.75, 3.05) is 20.2 Å². The zero-order valence-electron chi connectivity index (χ0n) is 10.6. The Kier molecular flexibility index (Phi) is 3.03. The monoisotopic (exact) mass is 371 g/mol. The summed E-state index contributed by atoms with van der Waals surface area (Å²) < 4.78 is 5.81. The molecule has 19 heavy (non-hydrogen) atoms.